The molecule has 0 aliphatic rings. The van der Waals surface area contributed by atoms with E-state index < -0.39 is 0 Å². The minimum Gasteiger partial charge on any atom is -0.465 e. The third-order valence-electron chi connectivity index (χ3n) is 4.61. The van der Waals surface area contributed by atoms with E-state index >= 15 is 0 Å². The predicted molar refractivity (Wildman–Crippen MR) is 104 cm³/mol. The molecule has 1 aromatic heterocycles. The normalized spacial score (nSPS) is 10.8. The smallest absolute Gasteiger partial charge is 0.340 e. The number of rotatable bonds is 4. The van der Waals surface area contributed by atoms with Gasteiger partial charge in [0.2, 0.25) is 0 Å². The lowest BCUT2D eigenvalue weighted by Crippen LogP contribution is -2.06. The van der Waals surface area contributed by atoms with E-state index in [2.05, 4.69) is 41.0 Å². The molecule has 0 saturated heterocycles. The predicted octanol–water partition coefficient (Wildman–Crippen LogP) is 5.14. The van der Waals surface area contributed by atoms with Gasteiger partial charge in [-0.15, -0.1) is 0 Å². The second-order valence-corrected chi connectivity index (χ2v) is 6.24. The molecule has 3 nitrogen and oxygen atoms in total. The summed E-state index contributed by atoms with van der Waals surface area (Å²) < 4.78 is 7.03. The molecule has 0 radical (unpaired) electrons. The van der Waals surface area contributed by atoms with Crippen LogP contribution in [0.25, 0.3) is 22.0 Å². The zero-order valence-corrected chi connectivity index (χ0v) is 14.6. The number of carbonyl (C=O) groups is 1. The molecule has 1 heterocycles. The number of hydrogen-bond donors (Lipinski definition) is 0. The van der Waals surface area contributed by atoms with Crippen molar-refractivity contribution in [3.63, 3.8) is 0 Å². The van der Waals surface area contributed by atoms with Crippen LogP contribution in [-0.2, 0) is 11.3 Å². The van der Waals surface area contributed by atoms with Gasteiger partial charge in [-0.3, -0.25) is 0 Å². The molecule has 0 spiro atoms. The Bertz CT molecular complexity index is 1050. The number of fused-ring (bicyclic) bond motifs is 1. The van der Waals surface area contributed by atoms with Gasteiger partial charge in [-0.05, 0) is 28.8 Å². The molecule has 0 atom stereocenters. The average molecular weight is 341 g/mol. The van der Waals surface area contributed by atoms with Gasteiger partial charge in [-0.25, -0.2) is 4.79 Å². The van der Waals surface area contributed by atoms with E-state index in [1.54, 1.807) is 0 Å². The van der Waals surface area contributed by atoms with E-state index in [4.69, 9.17) is 4.74 Å². The Morgan fingerprint density at radius 1 is 0.846 bits per heavy atom. The maximum atomic E-state index is 12.1. The highest BCUT2D eigenvalue weighted by atomic mass is 16.5. The van der Waals surface area contributed by atoms with Crippen LogP contribution in [0.3, 0.4) is 0 Å². The van der Waals surface area contributed by atoms with Crippen LogP contribution in [0, 0.1) is 0 Å². The van der Waals surface area contributed by atoms with Gasteiger partial charge in [0.15, 0.2) is 0 Å². The molecule has 0 N–H and O–H groups in total. The van der Waals surface area contributed by atoms with E-state index in [1.807, 2.05) is 48.7 Å². The van der Waals surface area contributed by atoms with Gasteiger partial charge in [0.05, 0.1) is 18.2 Å². The lowest BCUT2D eigenvalue weighted by molar-refractivity contribution is 0.0602. The van der Waals surface area contributed by atoms with Crippen molar-refractivity contribution in [2.24, 2.45) is 0 Å². The zero-order chi connectivity index (χ0) is 17.9. The maximum Gasteiger partial charge on any atom is 0.340 e. The zero-order valence-electron chi connectivity index (χ0n) is 14.6. The summed E-state index contributed by atoms with van der Waals surface area (Å²) in [6, 6.07) is 26.6. The molecular formula is C23H19NO2. The molecule has 3 aromatic carbocycles. The van der Waals surface area contributed by atoms with Crippen LogP contribution >= 0.6 is 0 Å². The average Bonchev–Trinajstić information content (AvgIpc) is 3.11. The van der Waals surface area contributed by atoms with Gasteiger partial charge in [-0.2, -0.15) is 0 Å². The fourth-order valence-electron chi connectivity index (χ4n) is 3.30. The Hall–Kier alpha value is -3.33. The number of aromatic nitrogens is 1. The molecule has 0 aliphatic heterocycles. The minimum absolute atomic E-state index is 0.310. The van der Waals surface area contributed by atoms with Gasteiger partial charge < -0.3 is 9.30 Å². The Morgan fingerprint density at radius 2 is 1.58 bits per heavy atom. The van der Waals surface area contributed by atoms with Gasteiger partial charge in [-0.1, -0.05) is 66.7 Å². The summed E-state index contributed by atoms with van der Waals surface area (Å²) in [6.07, 6.45) is 2.02. The summed E-state index contributed by atoms with van der Waals surface area (Å²) in [4.78, 5) is 12.1. The van der Waals surface area contributed by atoms with Crippen molar-refractivity contribution >= 4 is 16.9 Å². The number of hydrogen-bond acceptors (Lipinski definition) is 2. The Kier molecular flexibility index (Phi) is 4.28. The van der Waals surface area contributed by atoms with E-state index in [0.29, 0.717) is 12.1 Å². The molecular weight excluding hydrogens is 322 g/mol. The van der Waals surface area contributed by atoms with E-state index in [-0.39, 0.29) is 5.97 Å². The Labute approximate surface area is 152 Å². The SMILES string of the molecule is COC(=O)c1cccc2ccn(Cc3ccc(-c4ccccc4)cc3)c12. The van der Waals surface area contributed by atoms with Gasteiger partial charge >= 0.3 is 5.97 Å². The molecule has 0 unspecified atom stereocenters. The molecule has 0 fully saturated rings. The van der Waals surface area contributed by atoms with E-state index in [1.165, 1.54) is 23.8 Å². The van der Waals surface area contributed by atoms with Gasteiger partial charge in [0.1, 0.15) is 0 Å². The van der Waals surface area contributed by atoms with E-state index in [9.17, 15) is 4.79 Å². The van der Waals surface area contributed by atoms with Crippen molar-refractivity contribution in [3.8, 4) is 11.1 Å². The molecule has 0 amide bonds. The summed E-state index contributed by atoms with van der Waals surface area (Å²) in [6.45, 7) is 0.701. The van der Waals surface area contributed by atoms with Crippen molar-refractivity contribution in [2.45, 2.75) is 6.54 Å². The number of benzene rings is 3. The highest BCUT2D eigenvalue weighted by Crippen LogP contribution is 2.24. The third kappa shape index (κ3) is 3.00. The van der Waals surface area contributed by atoms with Crippen LogP contribution in [0.4, 0.5) is 0 Å². The van der Waals surface area contributed by atoms with Crippen molar-refractivity contribution in [1.82, 2.24) is 4.57 Å². The van der Waals surface area contributed by atoms with Crippen molar-refractivity contribution in [2.75, 3.05) is 7.11 Å². The highest BCUT2D eigenvalue weighted by Gasteiger charge is 2.13. The topological polar surface area (TPSA) is 31.2 Å². The standard InChI is InChI=1S/C23H19NO2/c1-26-23(25)21-9-5-8-20-14-15-24(22(20)21)16-17-10-12-19(13-11-17)18-6-3-2-4-7-18/h2-15H,16H2,1H3. The number of methoxy groups -OCH3 is 1. The van der Waals surface area contributed by atoms with Crippen molar-refractivity contribution < 1.29 is 9.53 Å². The number of nitrogens with zero attached hydrogens (tertiary/aromatic N) is 1. The summed E-state index contributed by atoms with van der Waals surface area (Å²) in [7, 11) is 1.41. The summed E-state index contributed by atoms with van der Waals surface area (Å²) in [5, 5.41) is 1.04. The summed E-state index contributed by atoms with van der Waals surface area (Å²) in [5.74, 6) is -0.310. The lowest BCUT2D eigenvalue weighted by atomic mass is 10.0. The molecule has 4 aromatic rings. The number of carbonyl (C=O) groups excluding carboxylic acids is 1. The molecule has 26 heavy (non-hydrogen) atoms. The molecule has 3 heteroatoms. The van der Waals surface area contributed by atoms with Crippen LogP contribution in [0.5, 0.6) is 0 Å². The maximum absolute atomic E-state index is 12.1. The van der Waals surface area contributed by atoms with Crippen LogP contribution in [-0.4, -0.2) is 17.6 Å². The summed E-state index contributed by atoms with van der Waals surface area (Å²) in [5.41, 5.74) is 5.09. The quantitative estimate of drug-likeness (QED) is 0.481. The molecule has 128 valence electrons. The molecule has 4 rings (SSSR count). The van der Waals surface area contributed by atoms with Crippen LogP contribution in [0.1, 0.15) is 15.9 Å². The van der Waals surface area contributed by atoms with E-state index in [0.717, 1.165) is 10.9 Å². The third-order valence-corrected chi connectivity index (χ3v) is 4.61. The summed E-state index contributed by atoms with van der Waals surface area (Å²) >= 11 is 0. The second-order valence-electron chi connectivity index (χ2n) is 6.24. The highest BCUT2D eigenvalue weighted by molar-refractivity contribution is 6.03. The number of esters is 1. The fraction of sp³-hybridized carbons (Fsp3) is 0.0870. The number of para-hydroxylation sites is 1. The van der Waals surface area contributed by atoms with Gasteiger partial charge in [0, 0.05) is 18.1 Å². The largest absolute Gasteiger partial charge is 0.465 e. The lowest BCUT2D eigenvalue weighted by Gasteiger charge is -2.10. The Morgan fingerprint density at radius 3 is 2.31 bits per heavy atom. The number of ether oxygens (including phenoxy) is 1. The Balaban J connectivity index is 1.66. The molecule has 0 aliphatic carbocycles. The van der Waals surface area contributed by atoms with Gasteiger partial charge in [0.25, 0.3) is 0 Å². The first-order valence-corrected chi connectivity index (χ1v) is 8.57. The van der Waals surface area contributed by atoms with Crippen LogP contribution in [0.15, 0.2) is 85.1 Å². The first kappa shape index (κ1) is 16.2. The monoisotopic (exact) mass is 341 g/mol. The first-order valence-electron chi connectivity index (χ1n) is 8.57. The van der Waals surface area contributed by atoms with Crippen molar-refractivity contribution in [3.05, 3.63) is 96.2 Å². The molecule has 0 bridgehead atoms. The van der Waals surface area contributed by atoms with Crippen molar-refractivity contribution in [1.29, 1.82) is 0 Å². The second kappa shape index (κ2) is 6.89. The molecule has 0 saturated carbocycles. The first-order chi connectivity index (χ1) is 12.8. The van der Waals surface area contributed by atoms with Crippen LogP contribution < -0.4 is 0 Å². The minimum atomic E-state index is -0.310. The fourth-order valence-corrected chi connectivity index (χ4v) is 3.30. The van der Waals surface area contributed by atoms with Crippen LogP contribution in [0.2, 0.25) is 0 Å².